The third kappa shape index (κ3) is 2.23. The van der Waals surface area contributed by atoms with Crippen LogP contribution in [0.1, 0.15) is 43.6 Å². The van der Waals surface area contributed by atoms with Gasteiger partial charge in [-0.3, -0.25) is 4.79 Å². The Bertz CT molecular complexity index is 349. The number of nitrogens with one attached hydrogen (secondary N) is 2. The Kier molecular flexibility index (Phi) is 3.22. The first-order valence-electron chi connectivity index (χ1n) is 5.85. The molecule has 1 aliphatic rings. The highest BCUT2D eigenvalue weighted by Crippen LogP contribution is 2.29. The lowest BCUT2D eigenvalue weighted by atomic mass is 9.78. The fourth-order valence-electron chi connectivity index (χ4n) is 2.34. The summed E-state index contributed by atoms with van der Waals surface area (Å²) in [6.07, 6.45) is 4.97. The third-order valence-electron chi connectivity index (χ3n) is 3.67. The fraction of sp³-hybridized carbons (Fsp3) is 0.727. The Hall–Kier alpha value is -1.39. The molecule has 1 aliphatic carbocycles. The van der Waals surface area contributed by atoms with Gasteiger partial charge in [0.05, 0.1) is 6.20 Å². The smallest absolute Gasteiger partial charge is 0.273 e. The normalized spacial score (nSPS) is 30.0. The monoisotopic (exact) mass is 222 g/mol. The molecule has 16 heavy (non-hydrogen) atoms. The first kappa shape index (κ1) is 11.1. The summed E-state index contributed by atoms with van der Waals surface area (Å²) in [4.78, 5) is 11.8. The van der Waals surface area contributed by atoms with Gasteiger partial charge in [0, 0.05) is 6.04 Å². The van der Waals surface area contributed by atoms with Crippen LogP contribution in [0.15, 0.2) is 6.20 Å². The van der Waals surface area contributed by atoms with Crippen LogP contribution < -0.4 is 5.32 Å². The van der Waals surface area contributed by atoms with Crippen molar-refractivity contribution in [2.75, 3.05) is 0 Å². The number of H-pyrrole nitrogens is 1. The van der Waals surface area contributed by atoms with Gasteiger partial charge in [-0.15, -0.1) is 0 Å². The van der Waals surface area contributed by atoms with Crippen LogP contribution in [0, 0.1) is 11.8 Å². The van der Waals surface area contributed by atoms with Gasteiger partial charge in [-0.1, -0.05) is 26.7 Å². The molecule has 1 aromatic heterocycles. The molecule has 3 unspecified atom stereocenters. The number of hydrogen-bond donors (Lipinski definition) is 2. The number of nitrogens with zero attached hydrogens (tertiary/aromatic N) is 2. The second-order valence-electron chi connectivity index (χ2n) is 4.70. The van der Waals surface area contributed by atoms with Crippen LogP contribution in [-0.2, 0) is 0 Å². The molecule has 0 aromatic carbocycles. The van der Waals surface area contributed by atoms with Gasteiger partial charge in [-0.05, 0) is 18.3 Å². The van der Waals surface area contributed by atoms with Gasteiger partial charge >= 0.3 is 0 Å². The summed E-state index contributed by atoms with van der Waals surface area (Å²) in [7, 11) is 0. The fourth-order valence-corrected chi connectivity index (χ4v) is 2.34. The number of aromatic nitrogens is 3. The minimum absolute atomic E-state index is 0.125. The van der Waals surface area contributed by atoms with Gasteiger partial charge in [-0.25, -0.2) is 0 Å². The molecule has 3 atom stereocenters. The zero-order valence-electron chi connectivity index (χ0n) is 9.73. The molecule has 0 aliphatic heterocycles. The number of carbonyl (C=O) groups is 1. The molecule has 2 rings (SSSR count). The number of amides is 1. The van der Waals surface area contributed by atoms with E-state index in [9.17, 15) is 4.79 Å². The van der Waals surface area contributed by atoms with Crippen molar-refractivity contribution in [2.45, 2.75) is 39.2 Å². The van der Waals surface area contributed by atoms with Crippen LogP contribution in [0.3, 0.4) is 0 Å². The van der Waals surface area contributed by atoms with Crippen molar-refractivity contribution in [3.8, 4) is 0 Å². The van der Waals surface area contributed by atoms with Crippen LogP contribution >= 0.6 is 0 Å². The lowest BCUT2D eigenvalue weighted by molar-refractivity contribution is 0.0886. The standard InChI is InChI=1S/C11H18N4O/c1-7-4-3-5-9(8(7)2)13-11(16)10-6-12-15-14-10/h6-9H,3-5H2,1-2H3,(H,13,16)(H,12,14,15). The van der Waals surface area contributed by atoms with Crippen molar-refractivity contribution in [2.24, 2.45) is 11.8 Å². The van der Waals surface area contributed by atoms with Crippen LogP contribution in [-0.4, -0.2) is 27.4 Å². The molecule has 0 spiro atoms. The maximum absolute atomic E-state index is 11.8. The number of rotatable bonds is 2. The van der Waals surface area contributed by atoms with Crippen LogP contribution in [0.25, 0.3) is 0 Å². The summed E-state index contributed by atoms with van der Waals surface area (Å²) in [6, 6.07) is 0.271. The molecule has 1 fully saturated rings. The topological polar surface area (TPSA) is 70.7 Å². The highest BCUT2D eigenvalue weighted by molar-refractivity contribution is 5.92. The Balaban J connectivity index is 1.96. The SMILES string of the molecule is CC1CCCC(NC(=O)c2cn[nH]n2)C1C. The predicted octanol–water partition coefficient (Wildman–Crippen LogP) is 1.36. The van der Waals surface area contributed by atoms with Gasteiger partial charge in [0.2, 0.25) is 0 Å². The maximum Gasteiger partial charge on any atom is 0.273 e. The average Bonchev–Trinajstić information content (AvgIpc) is 2.78. The summed E-state index contributed by atoms with van der Waals surface area (Å²) in [5.41, 5.74) is 0.366. The number of carbonyl (C=O) groups excluding carboxylic acids is 1. The molecule has 5 nitrogen and oxygen atoms in total. The lowest BCUT2D eigenvalue weighted by Crippen LogP contribution is -2.43. The Morgan fingerprint density at radius 1 is 1.50 bits per heavy atom. The number of aromatic amines is 1. The van der Waals surface area contributed by atoms with Gasteiger partial charge in [0.25, 0.3) is 5.91 Å². The van der Waals surface area contributed by atoms with E-state index < -0.39 is 0 Å². The molecule has 1 saturated carbocycles. The van der Waals surface area contributed by atoms with E-state index in [0.29, 0.717) is 17.5 Å². The molecule has 0 bridgehead atoms. The third-order valence-corrected chi connectivity index (χ3v) is 3.67. The molecular weight excluding hydrogens is 204 g/mol. The van der Waals surface area contributed by atoms with E-state index in [1.54, 1.807) is 0 Å². The highest BCUT2D eigenvalue weighted by Gasteiger charge is 2.28. The van der Waals surface area contributed by atoms with E-state index in [4.69, 9.17) is 0 Å². The van der Waals surface area contributed by atoms with Crippen molar-refractivity contribution in [3.05, 3.63) is 11.9 Å². The molecule has 2 N–H and O–H groups in total. The molecule has 0 radical (unpaired) electrons. The van der Waals surface area contributed by atoms with Crippen molar-refractivity contribution in [3.63, 3.8) is 0 Å². The summed E-state index contributed by atoms with van der Waals surface area (Å²) in [5, 5.41) is 12.9. The van der Waals surface area contributed by atoms with Crippen molar-refractivity contribution >= 4 is 5.91 Å². The van der Waals surface area contributed by atoms with Gasteiger partial charge in [-0.2, -0.15) is 15.4 Å². The molecule has 1 aromatic rings. The summed E-state index contributed by atoms with van der Waals surface area (Å²) < 4.78 is 0. The van der Waals surface area contributed by atoms with Gasteiger partial charge in [0.1, 0.15) is 0 Å². The van der Waals surface area contributed by atoms with E-state index >= 15 is 0 Å². The van der Waals surface area contributed by atoms with E-state index in [2.05, 4.69) is 34.6 Å². The first-order valence-corrected chi connectivity index (χ1v) is 5.85. The largest absolute Gasteiger partial charge is 0.348 e. The quantitative estimate of drug-likeness (QED) is 0.793. The molecule has 88 valence electrons. The second kappa shape index (κ2) is 4.63. The minimum atomic E-state index is -0.125. The van der Waals surface area contributed by atoms with E-state index in [1.807, 2.05) is 0 Å². The minimum Gasteiger partial charge on any atom is -0.348 e. The van der Waals surface area contributed by atoms with E-state index in [0.717, 1.165) is 6.42 Å². The van der Waals surface area contributed by atoms with Crippen LogP contribution in [0.5, 0.6) is 0 Å². The number of hydrogen-bond acceptors (Lipinski definition) is 3. The summed E-state index contributed by atoms with van der Waals surface area (Å²) >= 11 is 0. The van der Waals surface area contributed by atoms with E-state index in [1.165, 1.54) is 19.0 Å². The zero-order valence-corrected chi connectivity index (χ0v) is 9.73. The summed E-state index contributed by atoms with van der Waals surface area (Å²) in [6.45, 7) is 4.46. The zero-order chi connectivity index (χ0) is 11.5. The van der Waals surface area contributed by atoms with Crippen LogP contribution in [0.4, 0.5) is 0 Å². The van der Waals surface area contributed by atoms with Crippen molar-refractivity contribution in [1.82, 2.24) is 20.7 Å². The van der Waals surface area contributed by atoms with Crippen molar-refractivity contribution in [1.29, 1.82) is 0 Å². The molecule has 5 heteroatoms. The van der Waals surface area contributed by atoms with Crippen LogP contribution in [0.2, 0.25) is 0 Å². The van der Waals surface area contributed by atoms with Crippen molar-refractivity contribution < 1.29 is 4.79 Å². The van der Waals surface area contributed by atoms with E-state index in [-0.39, 0.29) is 11.9 Å². The average molecular weight is 222 g/mol. The van der Waals surface area contributed by atoms with Gasteiger partial charge < -0.3 is 5.32 Å². The lowest BCUT2D eigenvalue weighted by Gasteiger charge is -2.34. The molecule has 1 heterocycles. The highest BCUT2D eigenvalue weighted by atomic mass is 16.2. The molecule has 1 amide bonds. The predicted molar refractivity (Wildman–Crippen MR) is 59.8 cm³/mol. The molecule has 0 saturated heterocycles. The Morgan fingerprint density at radius 2 is 2.31 bits per heavy atom. The maximum atomic E-state index is 11.8. The first-order chi connectivity index (χ1) is 7.68. The molecular formula is C11H18N4O. The van der Waals surface area contributed by atoms with Gasteiger partial charge in [0.15, 0.2) is 5.69 Å². The Morgan fingerprint density at radius 3 is 3.00 bits per heavy atom. The summed E-state index contributed by atoms with van der Waals surface area (Å²) in [5.74, 6) is 1.08. The second-order valence-corrected chi connectivity index (χ2v) is 4.70. The Labute approximate surface area is 95.0 Å².